The van der Waals surface area contributed by atoms with Crippen molar-refractivity contribution >= 4 is 5.91 Å². The summed E-state index contributed by atoms with van der Waals surface area (Å²) < 4.78 is 10.3. The Hall–Kier alpha value is -0.650. The maximum Gasteiger partial charge on any atom is 0.226 e. The summed E-state index contributed by atoms with van der Waals surface area (Å²) >= 11 is 0. The number of hydrogen-bond donors (Lipinski definition) is 1. The highest BCUT2D eigenvalue weighted by Gasteiger charge is 2.46. The minimum Gasteiger partial charge on any atom is -0.383 e. The predicted octanol–water partition coefficient (Wildman–Crippen LogP) is 1.51. The number of amides is 1. The van der Waals surface area contributed by atoms with Crippen molar-refractivity contribution in [1.82, 2.24) is 4.90 Å². The summed E-state index contributed by atoms with van der Waals surface area (Å²) in [4.78, 5) is 14.8. The average Bonchev–Trinajstić information content (AvgIpc) is 2.44. The Labute approximate surface area is 129 Å². The third kappa shape index (κ3) is 4.41. The molecule has 5 nitrogen and oxygen atoms in total. The third-order valence-electron chi connectivity index (χ3n) is 5.24. The molecular formula is C16H32N2O3. The van der Waals surface area contributed by atoms with Crippen LogP contribution in [0.15, 0.2) is 0 Å². The molecule has 21 heavy (non-hydrogen) atoms. The van der Waals surface area contributed by atoms with Crippen LogP contribution in [0.5, 0.6) is 0 Å². The van der Waals surface area contributed by atoms with E-state index in [2.05, 4.69) is 20.8 Å². The van der Waals surface area contributed by atoms with Gasteiger partial charge in [0.25, 0.3) is 0 Å². The molecule has 0 aromatic rings. The lowest BCUT2D eigenvalue weighted by Crippen LogP contribution is -2.53. The number of hydrogen-bond acceptors (Lipinski definition) is 4. The molecule has 3 atom stereocenters. The van der Waals surface area contributed by atoms with Gasteiger partial charge in [0.1, 0.15) is 0 Å². The molecule has 1 aliphatic carbocycles. The largest absolute Gasteiger partial charge is 0.383 e. The normalized spacial score (nSPS) is 28.4. The van der Waals surface area contributed by atoms with Crippen LogP contribution in [-0.4, -0.2) is 57.4 Å². The number of ether oxygens (including phenoxy) is 2. The molecule has 0 heterocycles. The van der Waals surface area contributed by atoms with E-state index >= 15 is 0 Å². The van der Waals surface area contributed by atoms with Crippen LogP contribution in [-0.2, 0) is 14.3 Å². The van der Waals surface area contributed by atoms with Gasteiger partial charge in [-0.25, -0.2) is 0 Å². The van der Waals surface area contributed by atoms with E-state index in [4.69, 9.17) is 15.2 Å². The molecule has 0 radical (unpaired) electrons. The van der Waals surface area contributed by atoms with Crippen LogP contribution in [0.1, 0.15) is 33.6 Å². The highest BCUT2D eigenvalue weighted by atomic mass is 16.5. The second kappa shape index (κ2) is 8.11. The zero-order chi connectivity index (χ0) is 16.0. The van der Waals surface area contributed by atoms with Gasteiger partial charge in [0.2, 0.25) is 5.91 Å². The van der Waals surface area contributed by atoms with Gasteiger partial charge in [0, 0.05) is 39.3 Å². The summed E-state index contributed by atoms with van der Waals surface area (Å²) in [6.45, 7) is 8.85. The molecule has 1 aliphatic rings. The van der Waals surface area contributed by atoms with Crippen LogP contribution >= 0.6 is 0 Å². The maximum atomic E-state index is 13.0. The van der Waals surface area contributed by atoms with Gasteiger partial charge in [-0.3, -0.25) is 4.79 Å². The Morgan fingerprint density at radius 2 is 1.71 bits per heavy atom. The quantitative estimate of drug-likeness (QED) is 0.774. The molecule has 0 aromatic heterocycles. The molecular weight excluding hydrogens is 268 g/mol. The molecule has 0 aliphatic heterocycles. The van der Waals surface area contributed by atoms with Gasteiger partial charge < -0.3 is 20.1 Å². The summed E-state index contributed by atoms with van der Waals surface area (Å²) in [5.41, 5.74) is 6.11. The molecule has 5 heteroatoms. The van der Waals surface area contributed by atoms with Crippen LogP contribution < -0.4 is 5.73 Å². The lowest BCUT2D eigenvalue weighted by molar-refractivity contribution is -0.144. The standard InChI is InChI=1S/C16H32N2O3/c1-12-14(17)7-6-13(16(12,2)3)15(19)18(8-10-20-4)9-11-21-5/h12-14H,6-11,17H2,1-5H3. The molecule has 1 fully saturated rings. The SMILES string of the molecule is COCCN(CCOC)C(=O)C1CCC(N)C(C)C1(C)C. The Morgan fingerprint density at radius 3 is 2.19 bits per heavy atom. The highest BCUT2D eigenvalue weighted by molar-refractivity contribution is 5.80. The number of nitrogens with two attached hydrogens (primary N) is 1. The average molecular weight is 300 g/mol. The van der Waals surface area contributed by atoms with E-state index in [0.717, 1.165) is 12.8 Å². The monoisotopic (exact) mass is 300 g/mol. The van der Waals surface area contributed by atoms with Gasteiger partial charge >= 0.3 is 0 Å². The van der Waals surface area contributed by atoms with Gasteiger partial charge in [-0.05, 0) is 24.2 Å². The van der Waals surface area contributed by atoms with E-state index < -0.39 is 0 Å². The second-order valence-electron chi connectivity index (χ2n) is 6.71. The molecule has 1 amide bonds. The second-order valence-corrected chi connectivity index (χ2v) is 6.71. The van der Waals surface area contributed by atoms with Crippen molar-refractivity contribution in [3.63, 3.8) is 0 Å². The van der Waals surface area contributed by atoms with Crippen molar-refractivity contribution in [2.24, 2.45) is 23.0 Å². The minimum atomic E-state index is -0.0762. The fourth-order valence-corrected chi connectivity index (χ4v) is 3.25. The maximum absolute atomic E-state index is 13.0. The molecule has 3 unspecified atom stereocenters. The van der Waals surface area contributed by atoms with Crippen LogP contribution in [0.3, 0.4) is 0 Å². The zero-order valence-corrected chi connectivity index (χ0v) is 14.2. The topological polar surface area (TPSA) is 64.8 Å². The lowest BCUT2D eigenvalue weighted by Gasteiger charge is -2.47. The fraction of sp³-hybridized carbons (Fsp3) is 0.938. The molecule has 0 bridgehead atoms. The fourth-order valence-electron chi connectivity index (χ4n) is 3.25. The van der Waals surface area contributed by atoms with Crippen molar-refractivity contribution in [1.29, 1.82) is 0 Å². The third-order valence-corrected chi connectivity index (χ3v) is 5.24. The smallest absolute Gasteiger partial charge is 0.226 e. The summed E-state index contributed by atoms with van der Waals surface area (Å²) in [6, 6.07) is 0.190. The van der Waals surface area contributed by atoms with Gasteiger partial charge in [-0.15, -0.1) is 0 Å². The Kier molecular flexibility index (Phi) is 7.10. The highest BCUT2D eigenvalue weighted by Crippen LogP contribution is 2.45. The van der Waals surface area contributed by atoms with Gasteiger partial charge in [0.15, 0.2) is 0 Å². The van der Waals surface area contributed by atoms with E-state index in [0.29, 0.717) is 32.2 Å². The number of methoxy groups -OCH3 is 2. The molecule has 2 N–H and O–H groups in total. The number of carbonyl (C=O) groups excluding carboxylic acids is 1. The number of rotatable bonds is 7. The molecule has 0 saturated heterocycles. The first-order valence-electron chi connectivity index (χ1n) is 7.88. The van der Waals surface area contributed by atoms with Crippen molar-refractivity contribution in [2.75, 3.05) is 40.5 Å². The summed E-state index contributed by atoms with van der Waals surface area (Å²) in [5.74, 6) is 0.584. The Morgan fingerprint density at radius 1 is 1.19 bits per heavy atom. The first kappa shape index (κ1) is 18.4. The zero-order valence-electron chi connectivity index (χ0n) is 14.2. The number of nitrogens with zero attached hydrogens (tertiary/aromatic N) is 1. The lowest BCUT2D eigenvalue weighted by atomic mass is 9.60. The first-order chi connectivity index (χ1) is 9.86. The predicted molar refractivity (Wildman–Crippen MR) is 84.0 cm³/mol. The summed E-state index contributed by atoms with van der Waals surface area (Å²) in [6.07, 6.45) is 1.79. The van der Waals surface area contributed by atoms with E-state index in [1.54, 1.807) is 14.2 Å². The molecule has 0 spiro atoms. The first-order valence-corrected chi connectivity index (χ1v) is 7.88. The van der Waals surface area contributed by atoms with E-state index in [1.807, 2.05) is 4.90 Å². The van der Waals surface area contributed by atoms with Crippen molar-refractivity contribution in [3.05, 3.63) is 0 Å². The van der Waals surface area contributed by atoms with Gasteiger partial charge in [-0.2, -0.15) is 0 Å². The van der Waals surface area contributed by atoms with Crippen LogP contribution in [0.2, 0.25) is 0 Å². The van der Waals surface area contributed by atoms with Crippen molar-refractivity contribution in [3.8, 4) is 0 Å². The minimum absolute atomic E-state index is 0.0287. The van der Waals surface area contributed by atoms with Crippen LogP contribution in [0.25, 0.3) is 0 Å². The summed E-state index contributed by atoms with van der Waals surface area (Å²) in [5, 5.41) is 0. The molecule has 1 rings (SSSR count). The van der Waals surface area contributed by atoms with Crippen LogP contribution in [0.4, 0.5) is 0 Å². The van der Waals surface area contributed by atoms with E-state index in [-0.39, 0.29) is 23.3 Å². The van der Waals surface area contributed by atoms with Crippen LogP contribution in [0, 0.1) is 17.3 Å². The Bertz CT molecular complexity index is 325. The number of carbonyl (C=O) groups is 1. The van der Waals surface area contributed by atoms with Gasteiger partial charge in [-0.1, -0.05) is 20.8 Å². The van der Waals surface area contributed by atoms with Crippen molar-refractivity contribution < 1.29 is 14.3 Å². The van der Waals surface area contributed by atoms with Crippen molar-refractivity contribution in [2.45, 2.75) is 39.7 Å². The van der Waals surface area contributed by atoms with E-state index in [1.165, 1.54) is 0 Å². The van der Waals surface area contributed by atoms with E-state index in [9.17, 15) is 4.79 Å². The molecule has 124 valence electrons. The molecule has 0 aromatic carbocycles. The molecule has 1 saturated carbocycles. The summed E-state index contributed by atoms with van der Waals surface area (Å²) in [7, 11) is 3.31. The van der Waals surface area contributed by atoms with Gasteiger partial charge in [0.05, 0.1) is 13.2 Å². The Balaban J connectivity index is 2.81.